The molecular formula is C20H41NO2. The van der Waals surface area contributed by atoms with Crippen LogP contribution in [0.15, 0.2) is 12.2 Å². The molecule has 0 rings (SSSR count). The highest BCUT2D eigenvalue weighted by Gasteiger charge is 1.95. The second-order valence-corrected chi connectivity index (χ2v) is 6.74. The van der Waals surface area contributed by atoms with E-state index in [2.05, 4.69) is 19.1 Å². The fourth-order valence-electron chi connectivity index (χ4n) is 2.85. The fraction of sp³-hybridized carbons (Fsp3) is 0.900. The molecule has 0 aromatic heterocycles. The quantitative estimate of drug-likeness (QED) is 0.164. The molecule has 0 atom stereocenters. The molecule has 138 valence electrons. The van der Waals surface area contributed by atoms with E-state index in [4.69, 9.17) is 10.4 Å². The van der Waals surface area contributed by atoms with Crippen LogP contribution in [-0.2, 0) is 0 Å². The molecule has 0 spiro atoms. The largest absolute Gasteiger partial charge is 0.290 e. The minimum Gasteiger partial charge on any atom is -0.290 e. The van der Waals surface area contributed by atoms with E-state index in [-0.39, 0.29) is 0 Å². The first-order valence-corrected chi connectivity index (χ1v) is 10.1. The second kappa shape index (κ2) is 19.7. The van der Waals surface area contributed by atoms with Crippen LogP contribution in [-0.4, -0.2) is 22.2 Å². The molecular weight excluding hydrogens is 286 g/mol. The molecule has 0 aliphatic heterocycles. The molecule has 0 radical (unpaired) electrons. The van der Waals surface area contributed by atoms with Crippen LogP contribution in [0.3, 0.4) is 0 Å². The monoisotopic (exact) mass is 327 g/mol. The molecule has 0 heterocycles. The van der Waals surface area contributed by atoms with Gasteiger partial charge in [-0.15, -0.1) is 0 Å². The molecule has 0 unspecified atom stereocenters. The molecule has 0 saturated heterocycles. The van der Waals surface area contributed by atoms with Gasteiger partial charge in [0.25, 0.3) is 0 Å². The Bertz CT molecular complexity index is 242. The van der Waals surface area contributed by atoms with Gasteiger partial charge in [-0.1, -0.05) is 94.9 Å². The highest BCUT2D eigenvalue weighted by Crippen LogP contribution is 2.11. The SMILES string of the molecule is CCCCCCCCC=CCCCCCCCCCCN(O)O. The summed E-state index contributed by atoms with van der Waals surface area (Å²) in [6, 6.07) is 0. The fourth-order valence-corrected chi connectivity index (χ4v) is 2.85. The first kappa shape index (κ1) is 22.6. The predicted molar refractivity (Wildman–Crippen MR) is 99.0 cm³/mol. The molecule has 0 aromatic carbocycles. The van der Waals surface area contributed by atoms with Gasteiger partial charge in [-0.25, -0.2) is 0 Å². The summed E-state index contributed by atoms with van der Waals surface area (Å²) in [4.78, 5) is 0. The first-order valence-electron chi connectivity index (χ1n) is 10.1. The van der Waals surface area contributed by atoms with Crippen LogP contribution in [0.2, 0.25) is 0 Å². The predicted octanol–water partition coefficient (Wildman–Crippen LogP) is 6.88. The van der Waals surface area contributed by atoms with E-state index in [1.54, 1.807) is 0 Å². The Kier molecular flexibility index (Phi) is 19.3. The first-order chi connectivity index (χ1) is 11.3. The molecule has 2 N–H and O–H groups in total. The Hall–Kier alpha value is -0.380. The standard InChI is InChI=1S/C20H41NO2/c1-2-3-4-5-6-7-8-9-10-11-12-13-14-15-16-17-18-19-20-21(22)23/h9-10,22-23H,2-8,11-20H2,1H3. The van der Waals surface area contributed by atoms with Crippen molar-refractivity contribution in [3.05, 3.63) is 12.2 Å². The van der Waals surface area contributed by atoms with Crippen molar-refractivity contribution in [2.45, 2.75) is 110 Å². The summed E-state index contributed by atoms with van der Waals surface area (Å²) in [5.41, 5.74) is 0. The Balaban J connectivity index is 3.05. The van der Waals surface area contributed by atoms with E-state index in [1.807, 2.05) is 0 Å². The smallest absolute Gasteiger partial charge is 0.0512 e. The van der Waals surface area contributed by atoms with Gasteiger partial charge in [-0.3, -0.25) is 10.4 Å². The molecule has 3 nitrogen and oxygen atoms in total. The molecule has 0 amide bonds. The summed E-state index contributed by atoms with van der Waals surface area (Å²) >= 11 is 0. The summed E-state index contributed by atoms with van der Waals surface area (Å²) in [5.74, 6) is 0. The molecule has 0 saturated carbocycles. The van der Waals surface area contributed by atoms with Gasteiger partial charge < -0.3 is 0 Å². The van der Waals surface area contributed by atoms with Crippen molar-refractivity contribution in [1.82, 2.24) is 5.23 Å². The highest BCUT2D eigenvalue weighted by molar-refractivity contribution is 4.81. The van der Waals surface area contributed by atoms with Gasteiger partial charge in [-0.2, -0.15) is 0 Å². The van der Waals surface area contributed by atoms with Crippen LogP contribution in [0, 0.1) is 0 Å². The van der Waals surface area contributed by atoms with Crippen molar-refractivity contribution in [3.8, 4) is 0 Å². The Morgan fingerprint density at radius 3 is 1.39 bits per heavy atom. The lowest BCUT2D eigenvalue weighted by molar-refractivity contribution is -0.306. The number of allylic oxidation sites excluding steroid dienone is 2. The molecule has 3 heteroatoms. The van der Waals surface area contributed by atoms with Crippen molar-refractivity contribution in [2.24, 2.45) is 0 Å². The van der Waals surface area contributed by atoms with Crippen molar-refractivity contribution < 1.29 is 10.4 Å². The topological polar surface area (TPSA) is 43.7 Å². The zero-order valence-corrected chi connectivity index (χ0v) is 15.5. The lowest BCUT2D eigenvalue weighted by Crippen LogP contribution is -2.14. The molecule has 0 aliphatic rings. The molecule has 0 aliphatic carbocycles. The maximum Gasteiger partial charge on any atom is 0.0512 e. The van der Waals surface area contributed by atoms with Crippen LogP contribution in [0.25, 0.3) is 0 Å². The zero-order valence-electron chi connectivity index (χ0n) is 15.5. The van der Waals surface area contributed by atoms with Crippen LogP contribution in [0.1, 0.15) is 110 Å². The van der Waals surface area contributed by atoms with Crippen LogP contribution < -0.4 is 0 Å². The molecule has 0 bridgehead atoms. The minimum atomic E-state index is 0.292. The maximum atomic E-state index is 8.57. The number of hydrogen-bond acceptors (Lipinski definition) is 3. The van der Waals surface area contributed by atoms with Gasteiger partial charge in [0.15, 0.2) is 0 Å². The van der Waals surface area contributed by atoms with Gasteiger partial charge in [0.2, 0.25) is 0 Å². The normalized spacial score (nSPS) is 11.8. The van der Waals surface area contributed by atoms with E-state index < -0.39 is 0 Å². The van der Waals surface area contributed by atoms with Gasteiger partial charge in [0.1, 0.15) is 0 Å². The maximum absolute atomic E-state index is 8.57. The molecule has 23 heavy (non-hydrogen) atoms. The summed E-state index contributed by atoms with van der Waals surface area (Å²) in [6.45, 7) is 2.64. The van der Waals surface area contributed by atoms with Crippen LogP contribution in [0.5, 0.6) is 0 Å². The summed E-state index contributed by atoms with van der Waals surface area (Å²) in [5, 5.41) is 17.4. The Morgan fingerprint density at radius 2 is 0.957 bits per heavy atom. The van der Waals surface area contributed by atoms with E-state index in [0.29, 0.717) is 11.8 Å². The minimum absolute atomic E-state index is 0.292. The van der Waals surface area contributed by atoms with E-state index in [1.165, 1.54) is 89.9 Å². The third-order valence-corrected chi connectivity index (χ3v) is 4.37. The Labute approximate surface area is 144 Å². The molecule has 0 aromatic rings. The summed E-state index contributed by atoms with van der Waals surface area (Å²) in [7, 11) is 0. The average molecular weight is 328 g/mol. The van der Waals surface area contributed by atoms with Gasteiger partial charge >= 0.3 is 0 Å². The second-order valence-electron chi connectivity index (χ2n) is 6.74. The van der Waals surface area contributed by atoms with Gasteiger partial charge in [0, 0.05) is 0 Å². The highest BCUT2D eigenvalue weighted by atomic mass is 16.8. The number of hydroxylamine groups is 2. The van der Waals surface area contributed by atoms with Crippen molar-refractivity contribution in [3.63, 3.8) is 0 Å². The van der Waals surface area contributed by atoms with Crippen LogP contribution >= 0.6 is 0 Å². The number of nitrogens with zero attached hydrogens (tertiary/aromatic N) is 1. The summed E-state index contributed by atoms with van der Waals surface area (Å²) in [6.07, 6.45) is 25.4. The van der Waals surface area contributed by atoms with Crippen LogP contribution in [0.4, 0.5) is 0 Å². The number of hydrogen-bond donors (Lipinski definition) is 2. The Morgan fingerprint density at radius 1 is 0.565 bits per heavy atom. The van der Waals surface area contributed by atoms with Crippen molar-refractivity contribution in [1.29, 1.82) is 0 Å². The third-order valence-electron chi connectivity index (χ3n) is 4.37. The average Bonchev–Trinajstić information content (AvgIpc) is 2.53. The number of rotatable bonds is 18. The summed E-state index contributed by atoms with van der Waals surface area (Å²) < 4.78 is 0. The van der Waals surface area contributed by atoms with Gasteiger partial charge in [0.05, 0.1) is 6.54 Å². The number of unbranched alkanes of at least 4 members (excludes halogenated alkanes) is 14. The van der Waals surface area contributed by atoms with Crippen molar-refractivity contribution >= 4 is 0 Å². The lowest BCUT2D eigenvalue weighted by Gasteiger charge is -2.05. The zero-order chi connectivity index (χ0) is 17.0. The third kappa shape index (κ3) is 21.6. The van der Waals surface area contributed by atoms with Gasteiger partial charge in [-0.05, 0) is 32.1 Å². The molecule has 0 fully saturated rings. The van der Waals surface area contributed by atoms with E-state index >= 15 is 0 Å². The van der Waals surface area contributed by atoms with E-state index in [9.17, 15) is 0 Å². The van der Waals surface area contributed by atoms with E-state index in [0.717, 1.165) is 12.8 Å². The van der Waals surface area contributed by atoms with Crippen molar-refractivity contribution in [2.75, 3.05) is 6.54 Å². The lowest BCUT2D eigenvalue weighted by atomic mass is 10.1.